The van der Waals surface area contributed by atoms with Crippen molar-refractivity contribution < 1.29 is 9.21 Å². The van der Waals surface area contributed by atoms with Crippen LogP contribution in [-0.4, -0.2) is 16.9 Å². The van der Waals surface area contributed by atoms with Crippen LogP contribution in [0.5, 0.6) is 0 Å². The first-order valence-electron chi connectivity index (χ1n) is 6.61. The molecule has 2 rings (SSSR count). The monoisotopic (exact) mass is 251 g/mol. The van der Waals surface area contributed by atoms with Crippen LogP contribution < -0.4 is 11.1 Å². The highest BCUT2D eigenvalue weighted by atomic mass is 16.4. The highest BCUT2D eigenvalue weighted by Crippen LogP contribution is 2.22. The number of rotatable bonds is 3. The average molecular weight is 251 g/mol. The Bertz CT molecular complexity index is 403. The molecule has 0 aromatic carbocycles. The molecule has 0 aliphatic heterocycles. The lowest BCUT2D eigenvalue weighted by atomic mass is 9.94. The van der Waals surface area contributed by atoms with Gasteiger partial charge in [0.05, 0.1) is 18.7 Å². The van der Waals surface area contributed by atoms with Crippen LogP contribution in [0.15, 0.2) is 10.6 Å². The summed E-state index contributed by atoms with van der Waals surface area (Å²) in [5.41, 5.74) is 6.05. The molecule has 1 aromatic rings. The molecule has 1 aromatic heterocycles. The lowest BCUT2D eigenvalue weighted by Crippen LogP contribution is -2.41. The number of hydrogen-bond acceptors (Lipinski definition) is 4. The molecule has 100 valence electrons. The minimum atomic E-state index is -0.0661. The molecule has 0 spiro atoms. The van der Waals surface area contributed by atoms with Gasteiger partial charge in [0, 0.05) is 6.04 Å². The van der Waals surface area contributed by atoms with Gasteiger partial charge >= 0.3 is 0 Å². The second-order valence-electron chi connectivity index (χ2n) is 4.99. The fourth-order valence-electron chi connectivity index (χ4n) is 2.44. The van der Waals surface area contributed by atoms with Gasteiger partial charge in [0.15, 0.2) is 0 Å². The number of aryl methyl sites for hydroxylation is 1. The standard InChI is InChI=1S/C13H21N3O2/c1-9-7-15-12(18-9)8-16-13(17)10-5-3-2-4-6-11(10)14/h7,10-11H,2-6,8,14H2,1H3,(H,16,17). The SMILES string of the molecule is Cc1cnc(CNC(=O)C2CCCCCC2N)o1. The maximum Gasteiger partial charge on any atom is 0.225 e. The summed E-state index contributed by atoms with van der Waals surface area (Å²) >= 11 is 0. The zero-order chi connectivity index (χ0) is 13.0. The molecule has 1 heterocycles. The van der Waals surface area contributed by atoms with Crippen molar-refractivity contribution in [3.05, 3.63) is 17.8 Å². The van der Waals surface area contributed by atoms with E-state index in [9.17, 15) is 4.79 Å². The van der Waals surface area contributed by atoms with E-state index in [0.29, 0.717) is 12.4 Å². The summed E-state index contributed by atoms with van der Waals surface area (Å²) in [5, 5.41) is 2.86. The molecule has 5 nitrogen and oxygen atoms in total. The van der Waals surface area contributed by atoms with Gasteiger partial charge in [-0.2, -0.15) is 0 Å². The second-order valence-corrected chi connectivity index (χ2v) is 4.99. The van der Waals surface area contributed by atoms with Crippen LogP contribution >= 0.6 is 0 Å². The third-order valence-corrected chi connectivity index (χ3v) is 3.49. The number of aromatic nitrogens is 1. The van der Waals surface area contributed by atoms with Crippen LogP contribution in [0.1, 0.15) is 43.8 Å². The first-order chi connectivity index (χ1) is 8.66. The highest BCUT2D eigenvalue weighted by Gasteiger charge is 2.26. The highest BCUT2D eigenvalue weighted by molar-refractivity contribution is 5.79. The van der Waals surface area contributed by atoms with Gasteiger partial charge in [0.2, 0.25) is 11.8 Å². The summed E-state index contributed by atoms with van der Waals surface area (Å²) < 4.78 is 5.32. The molecule has 0 bridgehead atoms. The summed E-state index contributed by atoms with van der Waals surface area (Å²) in [6, 6.07) is -0.0150. The quantitative estimate of drug-likeness (QED) is 0.798. The minimum Gasteiger partial charge on any atom is -0.444 e. The number of oxazole rings is 1. The molecule has 5 heteroatoms. The van der Waals surface area contributed by atoms with Gasteiger partial charge in [-0.1, -0.05) is 19.3 Å². The topological polar surface area (TPSA) is 81.2 Å². The van der Waals surface area contributed by atoms with E-state index in [2.05, 4.69) is 10.3 Å². The fraction of sp³-hybridized carbons (Fsp3) is 0.692. The van der Waals surface area contributed by atoms with E-state index in [4.69, 9.17) is 10.2 Å². The Kier molecular flexibility index (Phi) is 4.36. The van der Waals surface area contributed by atoms with Crippen LogP contribution in [0.2, 0.25) is 0 Å². The van der Waals surface area contributed by atoms with E-state index in [1.165, 1.54) is 6.42 Å². The van der Waals surface area contributed by atoms with Crippen LogP contribution in [0.25, 0.3) is 0 Å². The number of hydrogen-bond donors (Lipinski definition) is 2. The summed E-state index contributed by atoms with van der Waals surface area (Å²) in [5.74, 6) is 1.26. The Morgan fingerprint density at radius 3 is 3.00 bits per heavy atom. The largest absolute Gasteiger partial charge is 0.444 e. The normalized spacial score (nSPS) is 24.6. The van der Waals surface area contributed by atoms with Crippen molar-refractivity contribution in [1.82, 2.24) is 10.3 Å². The molecule has 18 heavy (non-hydrogen) atoms. The molecular formula is C13H21N3O2. The maximum absolute atomic E-state index is 12.1. The van der Waals surface area contributed by atoms with Gasteiger partial charge in [0.25, 0.3) is 0 Å². The van der Waals surface area contributed by atoms with Crippen LogP contribution in [0, 0.1) is 12.8 Å². The van der Waals surface area contributed by atoms with E-state index >= 15 is 0 Å². The summed E-state index contributed by atoms with van der Waals surface area (Å²) in [4.78, 5) is 16.1. The molecule has 1 aliphatic rings. The molecule has 2 unspecified atom stereocenters. The van der Waals surface area contributed by atoms with Gasteiger partial charge in [-0.05, 0) is 19.8 Å². The third-order valence-electron chi connectivity index (χ3n) is 3.49. The van der Waals surface area contributed by atoms with Crippen LogP contribution in [-0.2, 0) is 11.3 Å². The molecule has 1 fully saturated rings. The van der Waals surface area contributed by atoms with Crippen molar-refractivity contribution in [2.24, 2.45) is 11.7 Å². The third kappa shape index (κ3) is 3.32. The number of nitrogens with one attached hydrogen (secondary N) is 1. The predicted molar refractivity (Wildman–Crippen MR) is 67.6 cm³/mol. The van der Waals surface area contributed by atoms with Gasteiger partial charge in [-0.3, -0.25) is 4.79 Å². The molecule has 0 radical (unpaired) electrons. The minimum absolute atomic E-state index is 0.0150. The van der Waals surface area contributed by atoms with Crippen molar-refractivity contribution in [1.29, 1.82) is 0 Å². The van der Waals surface area contributed by atoms with Crippen molar-refractivity contribution >= 4 is 5.91 Å². The van der Waals surface area contributed by atoms with E-state index in [-0.39, 0.29) is 17.9 Å². The predicted octanol–water partition coefficient (Wildman–Crippen LogP) is 1.51. The van der Waals surface area contributed by atoms with E-state index < -0.39 is 0 Å². The average Bonchev–Trinajstić information content (AvgIpc) is 2.64. The van der Waals surface area contributed by atoms with Crippen molar-refractivity contribution in [2.75, 3.05) is 0 Å². The summed E-state index contributed by atoms with van der Waals surface area (Å²) in [6.45, 7) is 2.18. The molecule has 0 saturated heterocycles. The Morgan fingerprint density at radius 2 is 2.28 bits per heavy atom. The number of nitrogens with two attached hydrogens (primary N) is 1. The molecule has 3 N–H and O–H groups in total. The smallest absolute Gasteiger partial charge is 0.225 e. The number of carbonyl (C=O) groups excluding carboxylic acids is 1. The summed E-state index contributed by atoms with van der Waals surface area (Å²) in [6.07, 6.45) is 6.87. The molecular weight excluding hydrogens is 230 g/mol. The van der Waals surface area contributed by atoms with Crippen molar-refractivity contribution in [2.45, 2.75) is 51.6 Å². The second kappa shape index (κ2) is 6.00. The first kappa shape index (κ1) is 13.1. The lowest BCUT2D eigenvalue weighted by Gasteiger charge is -2.20. The Labute approximate surface area is 107 Å². The van der Waals surface area contributed by atoms with Crippen molar-refractivity contribution in [3.8, 4) is 0 Å². The number of nitrogens with zero attached hydrogens (tertiary/aromatic N) is 1. The fourth-order valence-corrected chi connectivity index (χ4v) is 2.44. The van der Waals surface area contributed by atoms with Crippen LogP contribution in [0.3, 0.4) is 0 Å². The molecule has 2 atom stereocenters. The first-order valence-corrected chi connectivity index (χ1v) is 6.61. The van der Waals surface area contributed by atoms with E-state index in [1.54, 1.807) is 6.20 Å². The van der Waals surface area contributed by atoms with Gasteiger partial charge in [-0.25, -0.2) is 4.98 Å². The number of amides is 1. The lowest BCUT2D eigenvalue weighted by molar-refractivity contribution is -0.126. The van der Waals surface area contributed by atoms with Crippen molar-refractivity contribution in [3.63, 3.8) is 0 Å². The summed E-state index contributed by atoms with van der Waals surface area (Å²) in [7, 11) is 0. The van der Waals surface area contributed by atoms with Gasteiger partial charge in [0.1, 0.15) is 5.76 Å². The molecule has 1 amide bonds. The zero-order valence-corrected chi connectivity index (χ0v) is 10.8. The van der Waals surface area contributed by atoms with Gasteiger partial charge < -0.3 is 15.5 Å². The Hall–Kier alpha value is -1.36. The van der Waals surface area contributed by atoms with E-state index in [0.717, 1.165) is 31.4 Å². The van der Waals surface area contributed by atoms with Gasteiger partial charge in [-0.15, -0.1) is 0 Å². The zero-order valence-electron chi connectivity index (χ0n) is 10.8. The van der Waals surface area contributed by atoms with Crippen LogP contribution in [0.4, 0.5) is 0 Å². The van der Waals surface area contributed by atoms with E-state index in [1.807, 2.05) is 6.92 Å². The molecule has 1 aliphatic carbocycles. The Morgan fingerprint density at radius 1 is 1.50 bits per heavy atom. The molecule has 1 saturated carbocycles. The number of carbonyl (C=O) groups is 1. The maximum atomic E-state index is 12.1. The Balaban J connectivity index is 1.86.